The summed E-state index contributed by atoms with van der Waals surface area (Å²) < 4.78 is 27.5. The van der Waals surface area contributed by atoms with Crippen molar-refractivity contribution in [2.75, 3.05) is 19.6 Å². The Hall–Kier alpha value is 0.340. The molecule has 0 aromatic carbocycles. The number of hydrogen-bond acceptors (Lipinski definition) is 4. The third-order valence-corrected chi connectivity index (χ3v) is 6.69. The van der Waals surface area contributed by atoms with Crippen LogP contribution in [0.5, 0.6) is 0 Å². The molecule has 4 nitrogen and oxygen atoms in total. The lowest BCUT2D eigenvalue weighted by Gasteiger charge is -2.32. The van der Waals surface area contributed by atoms with Crippen LogP contribution in [-0.4, -0.2) is 38.4 Å². The van der Waals surface area contributed by atoms with Crippen molar-refractivity contribution in [2.45, 2.75) is 24.8 Å². The Bertz CT molecular complexity index is 518. The van der Waals surface area contributed by atoms with Crippen molar-refractivity contribution >= 4 is 49.7 Å². The van der Waals surface area contributed by atoms with Gasteiger partial charge in [0.25, 0.3) is 0 Å². The highest BCUT2D eigenvalue weighted by atomic mass is 79.9. The van der Waals surface area contributed by atoms with Gasteiger partial charge in [-0.2, -0.15) is 4.31 Å². The zero-order valence-corrected chi connectivity index (χ0v) is 14.2. The van der Waals surface area contributed by atoms with Gasteiger partial charge in [0, 0.05) is 30.6 Å². The van der Waals surface area contributed by atoms with Gasteiger partial charge in [-0.25, -0.2) is 8.42 Å². The fourth-order valence-corrected chi connectivity index (χ4v) is 6.01. The van der Waals surface area contributed by atoms with Gasteiger partial charge in [-0.05, 0) is 35.8 Å². The van der Waals surface area contributed by atoms with Gasteiger partial charge in [0.15, 0.2) is 0 Å². The van der Waals surface area contributed by atoms with Crippen molar-refractivity contribution in [1.82, 2.24) is 9.62 Å². The second-order valence-corrected chi connectivity index (χ2v) is 8.63. The number of thiophene rings is 1. The van der Waals surface area contributed by atoms with Crippen molar-refractivity contribution in [3.8, 4) is 0 Å². The van der Waals surface area contributed by atoms with Crippen LogP contribution in [0.15, 0.2) is 14.7 Å². The molecule has 2 rings (SSSR count). The van der Waals surface area contributed by atoms with E-state index in [0.717, 1.165) is 8.66 Å². The fraction of sp³-hybridized carbons (Fsp3) is 0.600. The molecule has 0 radical (unpaired) electrons. The Morgan fingerprint density at radius 3 is 2.72 bits per heavy atom. The van der Waals surface area contributed by atoms with E-state index in [1.54, 1.807) is 10.4 Å². The molecule has 18 heavy (non-hydrogen) atoms. The SMILES string of the molecule is Cc1sc(Br)cc1S(=O)(=O)N1CCNC[C@@H]1C.Cl. The van der Waals surface area contributed by atoms with Crippen LogP contribution in [-0.2, 0) is 10.0 Å². The molecule has 1 aromatic heterocycles. The van der Waals surface area contributed by atoms with E-state index in [1.165, 1.54) is 11.3 Å². The molecule has 2 heterocycles. The molecule has 0 unspecified atom stereocenters. The Kier molecular flexibility index (Phi) is 5.64. The van der Waals surface area contributed by atoms with Crippen LogP contribution in [0.2, 0.25) is 0 Å². The Labute approximate surface area is 126 Å². The minimum atomic E-state index is -3.35. The molecule has 8 heteroatoms. The smallest absolute Gasteiger partial charge is 0.244 e. The van der Waals surface area contributed by atoms with Gasteiger partial charge in [-0.15, -0.1) is 23.7 Å². The van der Waals surface area contributed by atoms with Crippen molar-refractivity contribution in [3.63, 3.8) is 0 Å². The van der Waals surface area contributed by atoms with E-state index < -0.39 is 10.0 Å². The number of nitrogens with zero attached hydrogens (tertiary/aromatic N) is 1. The molecule has 1 aromatic rings. The normalized spacial score (nSPS) is 21.6. The monoisotopic (exact) mass is 374 g/mol. The van der Waals surface area contributed by atoms with Gasteiger partial charge in [0.1, 0.15) is 0 Å². The lowest BCUT2D eigenvalue weighted by atomic mass is 10.3. The standard InChI is InChI=1S/C10H15BrN2O2S2.ClH/c1-7-6-12-3-4-13(7)17(14,15)9-5-10(11)16-8(9)2;/h5,7,12H,3-4,6H2,1-2H3;1H/t7-;/m0./s1. The van der Waals surface area contributed by atoms with Gasteiger partial charge in [0.2, 0.25) is 10.0 Å². The maximum Gasteiger partial charge on any atom is 0.244 e. The number of sulfonamides is 1. The highest BCUT2D eigenvalue weighted by molar-refractivity contribution is 9.11. The number of rotatable bonds is 2. The van der Waals surface area contributed by atoms with Gasteiger partial charge in [0.05, 0.1) is 8.68 Å². The van der Waals surface area contributed by atoms with E-state index >= 15 is 0 Å². The van der Waals surface area contributed by atoms with E-state index in [-0.39, 0.29) is 18.4 Å². The quantitative estimate of drug-likeness (QED) is 0.862. The number of aryl methyl sites for hydroxylation is 1. The van der Waals surface area contributed by atoms with E-state index in [4.69, 9.17) is 0 Å². The number of nitrogens with one attached hydrogen (secondary N) is 1. The summed E-state index contributed by atoms with van der Waals surface area (Å²) in [6.07, 6.45) is 0. The Morgan fingerprint density at radius 2 is 2.22 bits per heavy atom. The van der Waals surface area contributed by atoms with Crippen LogP contribution in [0, 0.1) is 6.92 Å². The van der Waals surface area contributed by atoms with Crippen molar-refractivity contribution in [1.29, 1.82) is 0 Å². The average molecular weight is 376 g/mol. The summed E-state index contributed by atoms with van der Waals surface area (Å²) in [6.45, 7) is 5.74. The predicted molar refractivity (Wildman–Crippen MR) is 80.2 cm³/mol. The number of piperazine rings is 1. The fourth-order valence-electron chi connectivity index (χ4n) is 1.99. The summed E-state index contributed by atoms with van der Waals surface area (Å²) in [4.78, 5) is 1.27. The first-order chi connectivity index (χ1) is 7.93. The molecular weight excluding hydrogens is 360 g/mol. The lowest BCUT2D eigenvalue weighted by molar-refractivity contribution is 0.284. The lowest BCUT2D eigenvalue weighted by Crippen LogP contribution is -2.52. The third-order valence-electron chi connectivity index (χ3n) is 2.87. The van der Waals surface area contributed by atoms with Gasteiger partial charge >= 0.3 is 0 Å². The molecule has 1 aliphatic heterocycles. The molecule has 1 fully saturated rings. The zero-order valence-electron chi connectivity index (χ0n) is 10.1. The van der Waals surface area contributed by atoms with Gasteiger partial charge in [-0.3, -0.25) is 0 Å². The van der Waals surface area contributed by atoms with E-state index in [1.807, 2.05) is 13.8 Å². The maximum absolute atomic E-state index is 12.5. The van der Waals surface area contributed by atoms with E-state index in [0.29, 0.717) is 24.5 Å². The molecule has 0 amide bonds. The first kappa shape index (κ1) is 16.4. The van der Waals surface area contributed by atoms with Crippen LogP contribution in [0.3, 0.4) is 0 Å². The molecule has 1 atom stereocenters. The molecule has 0 aliphatic carbocycles. The molecule has 0 spiro atoms. The molecule has 0 saturated carbocycles. The summed E-state index contributed by atoms with van der Waals surface area (Å²) in [7, 11) is -3.35. The third kappa shape index (κ3) is 3.08. The highest BCUT2D eigenvalue weighted by Gasteiger charge is 2.32. The maximum atomic E-state index is 12.5. The van der Waals surface area contributed by atoms with Crippen LogP contribution in [0.1, 0.15) is 11.8 Å². The summed E-state index contributed by atoms with van der Waals surface area (Å²) in [5.41, 5.74) is 0. The topological polar surface area (TPSA) is 49.4 Å². The second-order valence-electron chi connectivity index (χ2n) is 4.14. The zero-order chi connectivity index (χ0) is 12.6. The highest BCUT2D eigenvalue weighted by Crippen LogP contribution is 2.32. The van der Waals surface area contributed by atoms with Crippen molar-refractivity contribution < 1.29 is 8.42 Å². The van der Waals surface area contributed by atoms with Crippen LogP contribution in [0.4, 0.5) is 0 Å². The molecule has 1 saturated heterocycles. The van der Waals surface area contributed by atoms with Crippen LogP contribution in [0.25, 0.3) is 0 Å². The molecule has 0 bridgehead atoms. The first-order valence-corrected chi connectivity index (χ1v) is 8.46. The number of halogens is 2. The first-order valence-electron chi connectivity index (χ1n) is 5.41. The predicted octanol–water partition coefficient (Wildman–Crippen LogP) is 2.22. The van der Waals surface area contributed by atoms with E-state index in [9.17, 15) is 8.42 Å². The van der Waals surface area contributed by atoms with Crippen LogP contribution < -0.4 is 5.32 Å². The Balaban J connectivity index is 0.00000162. The Morgan fingerprint density at radius 1 is 1.56 bits per heavy atom. The van der Waals surface area contributed by atoms with Gasteiger partial charge in [-0.1, -0.05) is 0 Å². The summed E-state index contributed by atoms with van der Waals surface area (Å²) in [5, 5.41) is 3.20. The van der Waals surface area contributed by atoms with Crippen LogP contribution >= 0.6 is 39.7 Å². The average Bonchev–Trinajstić information content (AvgIpc) is 2.59. The minimum absolute atomic E-state index is 0. The summed E-state index contributed by atoms with van der Waals surface area (Å²) in [6, 6.07) is 1.70. The molecular formula is C10H16BrClN2O2S2. The van der Waals surface area contributed by atoms with E-state index in [2.05, 4.69) is 21.2 Å². The summed E-state index contributed by atoms with van der Waals surface area (Å²) in [5.74, 6) is 0. The minimum Gasteiger partial charge on any atom is -0.314 e. The molecule has 104 valence electrons. The molecule has 1 aliphatic rings. The second kappa shape index (κ2) is 6.19. The number of hydrogen-bond donors (Lipinski definition) is 1. The molecule has 1 N–H and O–H groups in total. The van der Waals surface area contributed by atoms with Crippen molar-refractivity contribution in [3.05, 3.63) is 14.7 Å². The summed E-state index contributed by atoms with van der Waals surface area (Å²) >= 11 is 4.79. The largest absolute Gasteiger partial charge is 0.314 e. The van der Waals surface area contributed by atoms with Crippen molar-refractivity contribution in [2.24, 2.45) is 0 Å². The van der Waals surface area contributed by atoms with Gasteiger partial charge < -0.3 is 5.32 Å².